The highest BCUT2D eigenvalue weighted by Gasteiger charge is 2.23. The van der Waals surface area contributed by atoms with Crippen molar-refractivity contribution in [2.24, 2.45) is 0 Å². The second-order valence-corrected chi connectivity index (χ2v) is 8.60. The van der Waals surface area contributed by atoms with Gasteiger partial charge in [-0.05, 0) is 55.0 Å². The third-order valence-corrected chi connectivity index (χ3v) is 5.96. The Bertz CT molecular complexity index is 1060. The highest BCUT2D eigenvalue weighted by Crippen LogP contribution is 2.30. The lowest BCUT2D eigenvalue weighted by molar-refractivity contribution is -0.131. The number of benzene rings is 2. The van der Waals surface area contributed by atoms with Crippen LogP contribution in [0.25, 0.3) is 0 Å². The SMILES string of the molecule is CCCC(=O)N1CCN(c2ccc(Cl)cc2NC(=S)NC(=O)c2ccc(OC)c(OC)c2)CC1. The van der Waals surface area contributed by atoms with Gasteiger partial charge >= 0.3 is 0 Å². The molecule has 3 rings (SSSR count). The predicted molar refractivity (Wildman–Crippen MR) is 138 cm³/mol. The Kier molecular flexibility index (Phi) is 8.95. The van der Waals surface area contributed by atoms with Gasteiger partial charge in [0.1, 0.15) is 0 Å². The van der Waals surface area contributed by atoms with Gasteiger partial charge in [0.2, 0.25) is 5.91 Å². The maximum Gasteiger partial charge on any atom is 0.257 e. The second-order valence-electron chi connectivity index (χ2n) is 7.76. The van der Waals surface area contributed by atoms with Gasteiger partial charge in [-0.1, -0.05) is 18.5 Å². The van der Waals surface area contributed by atoms with Crippen LogP contribution in [-0.4, -0.2) is 62.2 Å². The number of nitrogens with one attached hydrogen (secondary N) is 2. The number of ether oxygens (including phenoxy) is 2. The van der Waals surface area contributed by atoms with Gasteiger partial charge in [0.05, 0.1) is 25.6 Å². The Hall–Kier alpha value is -3.04. The fourth-order valence-electron chi connectivity index (χ4n) is 3.76. The highest BCUT2D eigenvalue weighted by atomic mass is 35.5. The number of halogens is 1. The molecule has 34 heavy (non-hydrogen) atoms. The van der Waals surface area contributed by atoms with Crippen LogP contribution in [-0.2, 0) is 4.79 Å². The van der Waals surface area contributed by atoms with Gasteiger partial charge in [0, 0.05) is 43.2 Å². The van der Waals surface area contributed by atoms with E-state index in [1.165, 1.54) is 14.2 Å². The van der Waals surface area contributed by atoms with Crippen LogP contribution in [0.4, 0.5) is 11.4 Å². The quantitative estimate of drug-likeness (QED) is 0.553. The molecule has 1 saturated heterocycles. The van der Waals surface area contributed by atoms with Crippen molar-refractivity contribution >= 4 is 52.1 Å². The standard InChI is InChI=1S/C24H29ClN4O4S/c1-4-5-22(30)29-12-10-28(11-13-29)19-8-7-17(25)15-18(19)26-24(34)27-23(31)16-6-9-20(32-2)21(14-16)33-3/h6-9,14-15H,4-5,10-13H2,1-3H3,(H2,26,27,31,34). The van der Waals surface area contributed by atoms with E-state index in [1.54, 1.807) is 24.3 Å². The Balaban J connectivity index is 1.68. The van der Waals surface area contributed by atoms with E-state index in [2.05, 4.69) is 15.5 Å². The van der Waals surface area contributed by atoms with Crippen LogP contribution >= 0.6 is 23.8 Å². The Morgan fingerprint density at radius 3 is 2.38 bits per heavy atom. The van der Waals surface area contributed by atoms with Gasteiger partial charge in [-0.3, -0.25) is 14.9 Å². The minimum atomic E-state index is -0.384. The molecule has 0 unspecified atom stereocenters. The lowest BCUT2D eigenvalue weighted by Gasteiger charge is -2.37. The van der Waals surface area contributed by atoms with Gasteiger partial charge in [0.25, 0.3) is 5.91 Å². The third kappa shape index (κ3) is 6.30. The molecule has 182 valence electrons. The molecule has 0 saturated carbocycles. The zero-order valence-corrected chi connectivity index (χ0v) is 21.1. The summed E-state index contributed by atoms with van der Waals surface area (Å²) in [6.07, 6.45) is 1.42. The van der Waals surface area contributed by atoms with E-state index in [4.69, 9.17) is 33.3 Å². The van der Waals surface area contributed by atoms with E-state index >= 15 is 0 Å². The number of anilines is 2. The number of carbonyl (C=O) groups excluding carboxylic acids is 2. The van der Waals surface area contributed by atoms with E-state index < -0.39 is 0 Å². The minimum absolute atomic E-state index is 0.139. The average molecular weight is 505 g/mol. The minimum Gasteiger partial charge on any atom is -0.493 e. The summed E-state index contributed by atoms with van der Waals surface area (Å²) in [5.41, 5.74) is 1.95. The summed E-state index contributed by atoms with van der Waals surface area (Å²) in [5, 5.41) is 6.46. The third-order valence-electron chi connectivity index (χ3n) is 5.52. The first-order valence-electron chi connectivity index (χ1n) is 11.0. The number of nitrogens with zero attached hydrogens (tertiary/aromatic N) is 2. The molecule has 0 atom stereocenters. The summed E-state index contributed by atoms with van der Waals surface area (Å²) >= 11 is 11.6. The zero-order valence-electron chi connectivity index (χ0n) is 19.5. The highest BCUT2D eigenvalue weighted by molar-refractivity contribution is 7.80. The number of carbonyl (C=O) groups is 2. The lowest BCUT2D eigenvalue weighted by atomic mass is 10.2. The summed E-state index contributed by atoms with van der Waals surface area (Å²) in [5.74, 6) is 0.781. The number of rotatable bonds is 7. The molecule has 2 N–H and O–H groups in total. The fraction of sp³-hybridized carbons (Fsp3) is 0.375. The molecular formula is C24H29ClN4O4S. The molecule has 0 spiro atoms. The van der Waals surface area contributed by atoms with Gasteiger partial charge < -0.3 is 24.6 Å². The normalized spacial score (nSPS) is 13.3. The maximum atomic E-state index is 12.7. The van der Waals surface area contributed by atoms with E-state index in [-0.39, 0.29) is 16.9 Å². The predicted octanol–water partition coefficient (Wildman–Crippen LogP) is 3.93. The molecule has 1 aliphatic rings. The van der Waals surface area contributed by atoms with Crippen LogP contribution in [0.15, 0.2) is 36.4 Å². The summed E-state index contributed by atoms with van der Waals surface area (Å²) in [6.45, 7) is 4.70. The van der Waals surface area contributed by atoms with Crippen molar-refractivity contribution in [3.8, 4) is 11.5 Å². The number of piperazine rings is 1. The molecule has 8 nitrogen and oxygen atoms in total. The van der Waals surface area contributed by atoms with Crippen LogP contribution in [0.2, 0.25) is 5.02 Å². The van der Waals surface area contributed by atoms with E-state index in [9.17, 15) is 9.59 Å². The molecule has 0 bridgehead atoms. The van der Waals surface area contributed by atoms with Crippen LogP contribution in [0, 0.1) is 0 Å². The van der Waals surface area contributed by atoms with Crippen molar-refractivity contribution in [1.82, 2.24) is 10.2 Å². The van der Waals surface area contributed by atoms with Crippen LogP contribution < -0.4 is 25.0 Å². The molecule has 2 amide bonds. The second kappa shape index (κ2) is 11.9. The average Bonchev–Trinajstić information content (AvgIpc) is 2.83. The first-order valence-corrected chi connectivity index (χ1v) is 11.8. The van der Waals surface area contributed by atoms with E-state index in [0.717, 1.165) is 12.1 Å². The molecule has 2 aromatic rings. The number of hydrogen-bond donors (Lipinski definition) is 2. The summed E-state index contributed by atoms with van der Waals surface area (Å²) in [7, 11) is 3.04. The summed E-state index contributed by atoms with van der Waals surface area (Å²) in [6, 6.07) is 10.4. The molecule has 0 radical (unpaired) electrons. The topological polar surface area (TPSA) is 83.1 Å². The molecule has 1 fully saturated rings. The molecule has 10 heteroatoms. The molecule has 0 aliphatic carbocycles. The van der Waals surface area contributed by atoms with Crippen molar-refractivity contribution in [3.05, 3.63) is 47.0 Å². The van der Waals surface area contributed by atoms with Crippen molar-refractivity contribution in [2.45, 2.75) is 19.8 Å². The number of hydrogen-bond acceptors (Lipinski definition) is 6. The Morgan fingerprint density at radius 1 is 1.03 bits per heavy atom. The lowest BCUT2D eigenvalue weighted by Crippen LogP contribution is -2.49. The van der Waals surface area contributed by atoms with Crippen molar-refractivity contribution in [2.75, 3.05) is 50.6 Å². The van der Waals surface area contributed by atoms with Crippen LogP contribution in [0.1, 0.15) is 30.1 Å². The fourth-order valence-corrected chi connectivity index (χ4v) is 4.13. The van der Waals surface area contributed by atoms with Crippen LogP contribution in [0.3, 0.4) is 0 Å². The molecule has 1 heterocycles. The molecular weight excluding hydrogens is 476 g/mol. The van der Waals surface area contributed by atoms with E-state index in [1.807, 2.05) is 24.0 Å². The first-order chi connectivity index (χ1) is 16.4. The van der Waals surface area contributed by atoms with Crippen LogP contribution in [0.5, 0.6) is 11.5 Å². The van der Waals surface area contributed by atoms with Gasteiger partial charge in [-0.25, -0.2) is 0 Å². The molecule has 1 aliphatic heterocycles. The monoisotopic (exact) mass is 504 g/mol. The largest absolute Gasteiger partial charge is 0.493 e. The first kappa shape index (κ1) is 25.6. The summed E-state index contributed by atoms with van der Waals surface area (Å²) in [4.78, 5) is 29.0. The molecule has 0 aromatic heterocycles. The van der Waals surface area contributed by atoms with Crippen molar-refractivity contribution in [1.29, 1.82) is 0 Å². The summed E-state index contributed by atoms with van der Waals surface area (Å²) < 4.78 is 10.5. The Labute approximate surface area is 210 Å². The number of thiocarbonyl (C=S) groups is 1. The maximum absolute atomic E-state index is 12.7. The van der Waals surface area contributed by atoms with Gasteiger partial charge in [0.15, 0.2) is 16.6 Å². The zero-order chi connectivity index (χ0) is 24.7. The van der Waals surface area contributed by atoms with Gasteiger partial charge in [-0.15, -0.1) is 0 Å². The Morgan fingerprint density at radius 2 is 1.74 bits per heavy atom. The van der Waals surface area contributed by atoms with E-state index in [0.29, 0.717) is 60.4 Å². The number of amides is 2. The molecule has 2 aromatic carbocycles. The number of methoxy groups -OCH3 is 2. The van der Waals surface area contributed by atoms with Crippen molar-refractivity contribution < 1.29 is 19.1 Å². The van der Waals surface area contributed by atoms with Gasteiger partial charge in [-0.2, -0.15) is 0 Å². The smallest absolute Gasteiger partial charge is 0.257 e. The van der Waals surface area contributed by atoms with Crippen molar-refractivity contribution in [3.63, 3.8) is 0 Å².